The number of fused-ring (bicyclic) bond motifs is 1. The van der Waals surface area contributed by atoms with Crippen LogP contribution in [0.1, 0.15) is 33.4 Å². The van der Waals surface area contributed by atoms with Gasteiger partial charge >= 0.3 is 0 Å². The Hall–Kier alpha value is -1.39. The first-order chi connectivity index (χ1) is 9.69. The molecular formula is C16H17FO2S. The van der Waals surface area contributed by atoms with Crippen molar-refractivity contribution in [1.29, 1.82) is 0 Å². The van der Waals surface area contributed by atoms with Gasteiger partial charge in [-0.1, -0.05) is 12.1 Å². The molecule has 0 aliphatic heterocycles. The predicted molar refractivity (Wildman–Crippen MR) is 78.0 cm³/mol. The number of hydrogen-bond donors (Lipinski definition) is 1. The number of aryl methyl sites for hydroxylation is 2. The van der Waals surface area contributed by atoms with Gasteiger partial charge in [0.1, 0.15) is 0 Å². The van der Waals surface area contributed by atoms with Crippen LogP contribution < -0.4 is 4.74 Å². The van der Waals surface area contributed by atoms with Gasteiger partial charge in [0.2, 0.25) is 0 Å². The molecule has 0 amide bonds. The van der Waals surface area contributed by atoms with Gasteiger partial charge < -0.3 is 9.84 Å². The molecule has 1 heterocycles. The Morgan fingerprint density at radius 3 is 3.00 bits per heavy atom. The van der Waals surface area contributed by atoms with E-state index >= 15 is 0 Å². The number of rotatable bonds is 4. The molecular weight excluding hydrogens is 275 g/mol. The lowest BCUT2D eigenvalue weighted by Crippen LogP contribution is -2.03. The van der Waals surface area contributed by atoms with Gasteiger partial charge in [-0.3, -0.25) is 0 Å². The van der Waals surface area contributed by atoms with Crippen molar-refractivity contribution in [2.45, 2.75) is 31.8 Å². The molecule has 1 atom stereocenters. The van der Waals surface area contributed by atoms with Crippen molar-refractivity contribution >= 4 is 11.3 Å². The maximum atomic E-state index is 14.1. The predicted octanol–water partition coefficient (Wildman–Crippen LogP) is 3.66. The summed E-state index contributed by atoms with van der Waals surface area (Å²) in [6.07, 6.45) is 3.06. The van der Waals surface area contributed by atoms with Gasteiger partial charge in [-0.2, -0.15) is 0 Å². The summed E-state index contributed by atoms with van der Waals surface area (Å²) in [5.74, 6) is -0.151. The number of hydrogen-bond acceptors (Lipinski definition) is 3. The van der Waals surface area contributed by atoms with Crippen molar-refractivity contribution in [2.75, 3.05) is 7.11 Å². The third-order valence-corrected chi connectivity index (χ3v) is 5.11. The van der Waals surface area contributed by atoms with E-state index in [0.29, 0.717) is 5.56 Å². The van der Waals surface area contributed by atoms with E-state index in [0.717, 1.165) is 17.7 Å². The summed E-state index contributed by atoms with van der Waals surface area (Å²) < 4.78 is 19.0. The molecule has 0 radical (unpaired) electrons. The fourth-order valence-corrected chi connectivity index (χ4v) is 3.94. The van der Waals surface area contributed by atoms with Crippen molar-refractivity contribution in [3.8, 4) is 5.75 Å². The first-order valence-corrected chi connectivity index (χ1v) is 7.61. The van der Waals surface area contributed by atoms with Crippen LogP contribution in [0.4, 0.5) is 4.39 Å². The van der Waals surface area contributed by atoms with Crippen LogP contribution in [0, 0.1) is 5.82 Å². The lowest BCUT2D eigenvalue weighted by atomic mass is 10.1. The highest BCUT2D eigenvalue weighted by atomic mass is 32.1. The summed E-state index contributed by atoms with van der Waals surface area (Å²) in [4.78, 5) is 2.32. The standard InChI is InChI=1S/C16H17FO2S/c1-19-13-6-2-5-11(16(13)17)8-12(18)15-9-10-4-3-7-14(10)20-15/h2,5-6,9,12,18H,3-4,7-8H2,1H3. The minimum absolute atomic E-state index is 0.225. The molecule has 3 rings (SSSR count). The Morgan fingerprint density at radius 2 is 2.25 bits per heavy atom. The molecule has 1 N–H and O–H groups in total. The summed E-state index contributed by atoms with van der Waals surface area (Å²) in [6.45, 7) is 0. The Kier molecular flexibility index (Phi) is 3.76. The Balaban J connectivity index is 1.80. The molecule has 1 unspecified atom stereocenters. The maximum Gasteiger partial charge on any atom is 0.168 e. The highest BCUT2D eigenvalue weighted by molar-refractivity contribution is 7.12. The first-order valence-electron chi connectivity index (χ1n) is 6.80. The largest absolute Gasteiger partial charge is 0.494 e. The van der Waals surface area contributed by atoms with Crippen molar-refractivity contribution in [1.82, 2.24) is 0 Å². The van der Waals surface area contributed by atoms with Crippen LogP contribution in [0.15, 0.2) is 24.3 Å². The molecule has 1 aliphatic carbocycles. The zero-order chi connectivity index (χ0) is 14.1. The van der Waals surface area contributed by atoms with Crippen molar-refractivity contribution < 1.29 is 14.2 Å². The number of benzene rings is 1. The van der Waals surface area contributed by atoms with Crippen molar-refractivity contribution in [2.24, 2.45) is 0 Å². The van der Waals surface area contributed by atoms with Crippen LogP contribution in [-0.2, 0) is 19.3 Å². The lowest BCUT2D eigenvalue weighted by molar-refractivity contribution is 0.180. The summed E-state index contributed by atoms with van der Waals surface area (Å²) in [5, 5.41) is 10.3. The van der Waals surface area contributed by atoms with E-state index in [1.165, 1.54) is 24.0 Å². The molecule has 1 aromatic carbocycles. The first kappa shape index (κ1) is 13.6. The van der Waals surface area contributed by atoms with E-state index in [-0.39, 0.29) is 18.0 Å². The van der Waals surface area contributed by atoms with Gasteiger partial charge in [-0.15, -0.1) is 11.3 Å². The summed E-state index contributed by atoms with van der Waals surface area (Å²) in [7, 11) is 1.45. The van der Waals surface area contributed by atoms with E-state index in [1.807, 2.05) is 0 Å². The minimum Gasteiger partial charge on any atom is -0.494 e. The minimum atomic E-state index is -0.646. The normalized spacial score (nSPS) is 15.2. The lowest BCUT2D eigenvalue weighted by Gasteiger charge is -2.11. The fourth-order valence-electron chi connectivity index (χ4n) is 2.70. The second-order valence-corrected chi connectivity index (χ2v) is 6.27. The molecule has 2 aromatic rings. The monoisotopic (exact) mass is 292 g/mol. The van der Waals surface area contributed by atoms with Gasteiger partial charge in [0, 0.05) is 16.2 Å². The zero-order valence-corrected chi connectivity index (χ0v) is 12.2. The molecule has 4 heteroatoms. The van der Waals surface area contributed by atoms with E-state index in [2.05, 4.69) is 6.07 Å². The van der Waals surface area contributed by atoms with Gasteiger partial charge in [0.25, 0.3) is 0 Å². The molecule has 2 nitrogen and oxygen atoms in total. The molecule has 20 heavy (non-hydrogen) atoms. The zero-order valence-electron chi connectivity index (χ0n) is 11.4. The van der Waals surface area contributed by atoms with Gasteiger partial charge in [0.15, 0.2) is 11.6 Å². The topological polar surface area (TPSA) is 29.5 Å². The highest BCUT2D eigenvalue weighted by Crippen LogP contribution is 2.35. The molecule has 0 saturated heterocycles. The van der Waals surface area contributed by atoms with Crippen LogP contribution in [0.5, 0.6) is 5.75 Å². The van der Waals surface area contributed by atoms with Crippen LogP contribution in [0.2, 0.25) is 0 Å². The number of halogens is 1. The van der Waals surface area contributed by atoms with Crippen LogP contribution >= 0.6 is 11.3 Å². The number of aliphatic hydroxyl groups is 1. The third-order valence-electron chi connectivity index (χ3n) is 3.77. The molecule has 106 valence electrons. The van der Waals surface area contributed by atoms with Gasteiger partial charge in [-0.05, 0) is 42.5 Å². The van der Waals surface area contributed by atoms with Gasteiger partial charge in [-0.25, -0.2) is 4.39 Å². The van der Waals surface area contributed by atoms with Crippen LogP contribution in [0.25, 0.3) is 0 Å². The smallest absolute Gasteiger partial charge is 0.168 e. The Labute approximate surface area is 121 Å². The summed E-state index contributed by atoms with van der Waals surface area (Å²) in [6, 6.07) is 7.11. The number of thiophene rings is 1. The van der Waals surface area contributed by atoms with E-state index in [4.69, 9.17) is 4.74 Å². The number of aliphatic hydroxyl groups excluding tert-OH is 1. The average Bonchev–Trinajstić information content (AvgIpc) is 3.02. The van der Waals surface area contributed by atoms with E-state index in [1.54, 1.807) is 29.5 Å². The van der Waals surface area contributed by atoms with E-state index < -0.39 is 6.10 Å². The SMILES string of the molecule is COc1cccc(CC(O)c2cc3c(s2)CCC3)c1F. The molecule has 1 aliphatic rings. The molecule has 0 spiro atoms. The molecule has 0 bridgehead atoms. The second kappa shape index (κ2) is 5.54. The quantitative estimate of drug-likeness (QED) is 0.932. The molecule has 0 fully saturated rings. The summed E-state index contributed by atoms with van der Waals surface area (Å²) >= 11 is 1.66. The Morgan fingerprint density at radius 1 is 1.40 bits per heavy atom. The van der Waals surface area contributed by atoms with Crippen molar-refractivity contribution in [3.63, 3.8) is 0 Å². The van der Waals surface area contributed by atoms with E-state index in [9.17, 15) is 9.50 Å². The molecule has 1 aromatic heterocycles. The van der Waals surface area contributed by atoms with Crippen molar-refractivity contribution in [3.05, 3.63) is 51.0 Å². The summed E-state index contributed by atoms with van der Waals surface area (Å²) in [5.41, 5.74) is 1.85. The Bertz CT molecular complexity index is 599. The van der Waals surface area contributed by atoms with Crippen LogP contribution in [0.3, 0.4) is 0 Å². The highest BCUT2D eigenvalue weighted by Gasteiger charge is 2.20. The number of ether oxygens (including phenoxy) is 1. The van der Waals surface area contributed by atoms with Crippen LogP contribution in [-0.4, -0.2) is 12.2 Å². The fraction of sp³-hybridized carbons (Fsp3) is 0.375. The number of methoxy groups -OCH3 is 1. The second-order valence-electron chi connectivity index (χ2n) is 5.10. The van der Waals surface area contributed by atoms with Gasteiger partial charge in [0.05, 0.1) is 13.2 Å². The maximum absolute atomic E-state index is 14.1. The third kappa shape index (κ3) is 2.45. The molecule has 0 saturated carbocycles. The average molecular weight is 292 g/mol.